The second-order valence-corrected chi connectivity index (χ2v) is 9.89. The van der Waals surface area contributed by atoms with Crippen LogP contribution in [0.2, 0.25) is 0 Å². The summed E-state index contributed by atoms with van der Waals surface area (Å²) in [6.07, 6.45) is 15.1. The van der Waals surface area contributed by atoms with Crippen molar-refractivity contribution in [2.75, 3.05) is 6.61 Å². The highest BCUT2D eigenvalue weighted by Crippen LogP contribution is 2.30. The van der Waals surface area contributed by atoms with Gasteiger partial charge in [-0.3, -0.25) is 4.79 Å². The van der Waals surface area contributed by atoms with Crippen molar-refractivity contribution < 1.29 is 31.9 Å². The number of unbranched alkanes of at least 4 members (excludes halogenated alkanes) is 15. The Morgan fingerprint density at radius 1 is 0.784 bits per heavy atom. The van der Waals surface area contributed by atoms with E-state index >= 15 is 0 Å². The van der Waals surface area contributed by atoms with Crippen molar-refractivity contribution in [2.24, 2.45) is 0 Å². The van der Waals surface area contributed by atoms with Gasteiger partial charge in [0.15, 0.2) is 0 Å². The maximum absolute atomic E-state index is 13.5. The number of rotatable bonds is 20. The molecular weight excluding hydrogens is 486 g/mol. The Kier molecular flexibility index (Phi) is 16.9. The van der Waals surface area contributed by atoms with Crippen LogP contribution in [-0.2, 0) is 15.7 Å². The first-order valence-electron chi connectivity index (χ1n) is 14.0. The number of hydrogen-bond donors (Lipinski definition) is 1. The molecule has 4 nitrogen and oxygen atoms in total. The van der Waals surface area contributed by atoms with Gasteiger partial charge in [0, 0.05) is 5.56 Å². The number of alkyl halides is 3. The Bertz CT molecular complexity index is 783. The Balaban J connectivity index is 2.06. The first-order valence-corrected chi connectivity index (χ1v) is 14.0. The Hall–Kier alpha value is -2.12. The molecule has 1 unspecified atom stereocenters. The molecule has 0 spiro atoms. The molecule has 1 amide bonds. The topological polar surface area (TPSA) is 55.4 Å². The number of carbonyl (C=O) groups is 2. The molecule has 37 heavy (non-hydrogen) atoms. The number of amides is 1. The minimum Gasteiger partial charge on any atom is -0.464 e. The summed E-state index contributed by atoms with van der Waals surface area (Å²) in [5, 5.41) is 2.26. The molecule has 212 valence electrons. The quantitative estimate of drug-likeness (QED) is 0.104. The zero-order valence-electron chi connectivity index (χ0n) is 22.6. The molecule has 8 heteroatoms. The second-order valence-electron chi connectivity index (χ2n) is 9.89. The van der Waals surface area contributed by atoms with Crippen molar-refractivity contribution in [3.8, 4) is 0 Å². The standard InChI is InChI=1S/C29H45F4NO3/c1-3-4-5-6-7-8-9-10-11-12-13-14-15-16-17-18-19-37-28(36)23(2)34-27(35)24-20-25(29(31,32)33)22-26(30)21-24/h20-23H,3-19H2,1-2H3,(H,34,35). The monoisotopic (exact) mass is 531 g/mol. The van der Waals surface area contributed by atoms with Crippen molar-refractivity contribution >= 4 is 11.9 Å². The molecule has 0 heterocycles. The van der Waals surface area contributed by atoms with Gasteiger partial charge in [-0.2, -0.15) is 13.2 Å². The SMILES string of the molecule is CCCCCCCCCCCCCCCCCCOC(=O)C(C)NC(=O)c1cc(F)cc(C(F)(F)F)c1. The van der Waals surface area contributed by atoms with Gasteiger partial charge in [0.1, 0.15) is 11.9 Å². The van der Waals surface area contributed by atoms with Gasteiger partial charge in [-0.05, 0) is 31.5 Å². The molecule has 1 atom stereocenters. The summed E-state index contributed by atoms with van der Waals surface area (Å²) in [7, 11) is 0. The normalized spacial score (nSPS) is 12.4. The molecule has 0 radical (unpaired) electrons. The molecule has 0 aliphatic rings. The van der Waals surface area contributed by atoms with E-state index in [4.69, 9.17) is 4.74 Å². The maximum Gasteiger partial charge on any atom is 0.416 e. The van der Waals surface area contributed by atoms with E-state index in [-0.39, 0.29) is 6.61 Å². The number of carbonyl (C=O) groups excluding carboxylic acids is 2. The van der Waals surface area contributed by atoms with E-state index in [0.29, 0.717) is 24.6 Å². The van der Waals surface area contributed by atoms with Crippen LogP contribution < -0.4 is 5.32 Å². The van der Waals surface area contributed by atoms with E-state index in [1.807, 2.05) is 0 Å². The third-order valence-electron chi connectivity index (χ3n) is 6.43. The van der Waals surface area contributed by atoms with Gasteiger partial charge in [0.2, 0.25) is 0 Å². The van der Waals surface area contributed by atoms with Crippen LogP contribution in [0.25, 0.3) is 0 Å². The van der Waals surface area contributed by atoms with E-state index in [0.717, 1.165) is 19.3 Å². The fourth-order valence-electron chi connectivity index (χ4n) is 4.17. The van der Waals surface area contributed by atoms with Crippen LogP contribution >= 0.6 is 0 Å². The number of halogens is 4. The number of esters is 1. The average Bonchev–Trinajstić information content (AvgIpc) is 2.84. The molecule has 0 fully saturated rings. The van der Waals surface area contributed by atoms with Crippen LogP contribution in [0.15, 0.2) is 18.2 Å². The molecule has 0 bridgehead atoms. The number of benzene rings is 1. The molecule has 0 saturated heterocycles. The first kappa shape index (κ1) is 32.9. The molecule has 1 aromatic rings. The van der Waals surface area contributed by atoms with E-state index in [1.165, 1.54) is 84.0 Å². The summed E-state index contributed by atoms with van der Waals surface area (Å²) in [6.45, 7) is 3.84. The summed E-state index contributed by atoms with van der Waals surface area (Å²) < 4.78 is 57.1. The fourth-order valence-corrected chi connectivity index (χ4v) is 4.17. The lowest BCUT2D eigenvalue weighted by atomic mass is 10.0. The van der Waals surface area contributed by atoms with E-state index in [2.05, 4.69) is 12.2 Å². The van der Waals surface area contributed by atoms with Gasteiger partial charge in [-0.25, -0.2) is 9.18 Å². The van der Waals surface area contributed by atoms with Crippen molar-refractivity contribution in [1.29, 1.82) is 0 Å². The van der Waals surface area contributed by atoms with Gasteiger partial charge < -0.3 is 10.1 Å². The largest absolute Gasteiger partial charge is 0.464 e. The maximum atomic E-state index is 13.5. The molecular formula is C29H45F4NO3. The fraction of sp³-hybridized carbons (Fsp3) is 0.724. The van der Waals surface area contributed by atoms with Gasteiger partial charge in [0.25, 0.3) is 5.91 Å². The smallest absolute Gasteiger partial charge is 0.416 e. The minimum absolute atomic E-state index is 0.218. The van der Waals surface area contributed by atoms with E-state index in [1.54, 1.807) is 0 Å². The molecule has 0 saturated carbocycles. The molecule has 1 aromatic carbocycles. The van der Waals surface area contributed by atoms with Crippen molar-refractivity contribution in [3.63, 3.8) is 0 Å². The molecule has 1 N–H and O–H groups in total. The van der Waals surface area contributed by atoms with Crippen LogP contribution in [0, 0.1) is 5.82 Å². The Labute approximate surface area is 219 Å². The molecule has 1 rings (SSSR count). The van der Waals surface area contributed by atoms with Crippen LogP contribution in [0.5, 0.6) is 0 Å². The summed E-state index contributed by atoms with van der Waals surface area (Å²) in [4.78, 5) is 24.2. The lowest BCUT2D eigenvalue weighted by Crippen LogP contribution is -2.39. The Morgan fingerprint density at radius 3 is 1.70 bits per heavy atom. The highest BCUT2D eigenvalue weighted by Gasteiger charge is 2.32. The van der Waals surface area contributed by atoms with Crippen LogP contribution in [-0.4, -0.2) is 24.5 Å². The zero-order chi connectivity index (χ0) is 27.5. The lowest BCUT2D eigenvalue weighted by molar-refractivity contribution is -0.145. The van der Waals surface area contributed by atoms with Gasteiger partial charge in [0.05, 0.1) is 12.2 Å². The van der Waals surface area contributed by atoms with Crippen molar-refractivity contribution in [1.82, 2.24) is 5.32 Å². The predicted octanol–water partition coefficient (Wildman–Crippen LogP) is 8.77. The summed E-state index contributed by atoms with van der Waals surface area (Å²) >= 11 is 0. The molecule has 0 aromatic heterocycles. The van der Waals surface area contributed by atoms with E-state index < -0.39 is 41.0 Å². The van der Waals surface area contributed by atoms with E-state index in [9.17, 15) is 27.2 Å². The van der Waals surface area contributed by atoms with Crippen LogP contribution in [0.1, 0.15) is 133 Å². The minimum atomic E-state index is -4.78. The third kappa shape index (κ3) is 15.7. The van der Waals surface area contributed by atoms with Crippen LogP contribution in [0.4, 0.5) is 17.6 Å². The highest BCUT2D eigenvalue weighted by atomic mass is 19.4. The third-order valence-corrected chi connectivity index (χ3v) is 6.43. The summed E-state index contributed by atoms with van der Waals surface area (Å²) in [6, 6.07) is 0.490. The summed E-state index contributed by atoms with van der Waals surface area (Å²) in [5.74, 6) is -2.84. The van der Waals surface area contributed by atoms with Crippen molar-refractivity contribution in [2.45, 2.75) is 129 Å². The summed E-state index contributed by atoms with van der Waals surface area (Å²) in [5.41, 5.74) is -1.78. The zero-order valence-corrected chi connectivity index (χ0v) is 22.6. The number of ether oxygens (including phenoxy) is 1. The van der Waals surface area contributed by atoms with Gasteiger partial charge >= 0.3 is 12.1 Å². The number of nitrogens with one attached hydrogen (secondary N) is 1. The average molecular weight is 532 g/mol. The molecule has 0 aliphatic carbocycles. The van der Waals surface area contributed by atoms with Gasteiger partial charge in [-0.1, -0.05) is 103 Å². The number of hydrogen-bond acceptors (Lipinski definition) is 3. The second kappa shape index (κ2) is 19.0. The van der Waals surface area contributed by atoms with Gasteiger partial charge in [-0.15, -0.1) is 0 Å². The van der Waals surface area contributed by atoms with Crippen molar-refractivity contribution in [3.05, 3.63) is 35.1 Å². The first-order chi connectivity index (χ1) is 17.6. The predicted molar refractivity (Wildman–Crippen MR) is 139 cm³/mol. The van der Waals surface area contributed by atoms with Crippen LogP contribution in [0.3, 0.4) is 0 Å². The highest BCUT2D eigenvalue weighted by molar-refractivity contribution is 5.96. The lowest BCUT2D eigenvalue weighted by Gasteiger charge is -2.14. The Morgan fingerprint density at radius 2 is 1.24 bits per heavy atom. The molecule has 0 aliphatic heterocycles.